The van der Waals surface area contributed by atoms with Crippen molar-refractivity contribution >= 4 is 5.91 Å². The van der Waals surface area contributed by atoms with E-state index in [1.165, 1.54) is 12.0 Å². The number of amides is 1. The van der Waals surface area contributed by atoms with Gasteiger partial charge in [0.2, 0.25) is 5.91 Å². The van der Waals surface area contributed by atoms with Gasteiger partial charge in [-0.05, 0) is 43.2 Å². The Balaban J connectivity index is 1.54. The number of likely N-dealkylation sites (tertiary alicyclic amines) is 1. The van der Waals surface area contributed by atoms with E-state index in [-0.39, 0.29) is 17.9 Å². The summed E-state index contributed by atoms with van der Waals surface area (Å²) in [5, 5.41) is 0. The van der Waals surface area contributed by atoms with Crippen LogP contribution < -0.4 is 5.73 Å². The van der Waals surface area contributed by atoms with Gasteiger partial charge in [-0.15, -0.1) is 0 Å². The topological polar surface area (TPSA) is 49.6 Å². The number of hydrogen-bond acceptors (Lipinski definition) is 3. The maximum absolute atomic E-state index is 12.7. The van der Waals surface area contributed by atoms with Crippen LogP contribution in [0.2, 0.25) is 0 Å². The van der Waals surface area contributed by atoms with Gasteiger partial charge in [0.25, 0.3) is 0 Å². The summed E-state index contributed by atoms with van der Waals surface area (Å²) in [7, 11) is 0. The molecule has 1 aromatic carbocycles. The predicted molar refractivity (Wildman–Crippen MR) is 97.4 cm³/mol. The molecule has 0 radical (unpaired) electrons. The molecule has 1 unspecified atom stereocenters. The highest BCUT2D eigenvalue weighted by Gasteiger charge is 2.37. The first-order valence-electron chi connectivity index (χ1n) is 9.37. The van der Waals surface area contributed by atoms with E-state index in [0.717, 1.165) is 39.0 Å². The maximum Gasteiger partial charge on any atom is 0.240 e. The van der Waals surface area contributed by atoms with E-state index < -0.39 is 0 Å². The van der Waals surface area contributed by atoms with Crippen LogP contribution in [0.15, 0.2) is 30.3 Å². The van der Waals surface area contributed by atoms with Gasteiger partial charge in [0.05, 0.1) is 6.04 Å². The molecule has 3 rings (SSSR count). The molecule has 2 N–H and O–H groups in total. The van der Waals surface area contributed by atoms with Crippen LogP contribution in [0.3, 0.4) is 0 Å². The molecule has 1 aliphatic heterocycles. The SMILES string of the molecule is CC(C)[C@H](N)C(=O)N(CC1CCN(Cc2ccccc2)C1)C1CC1. The van der Waals surface area contributed by atoms with Crippen molar-refractivity contribution in [2.75, 3.05) is 19.6 Å². The van der Waals surface area contributed by atoms with Gasteiger partial charge in [0.1, 0.15) is 0 Å². The predicted octanol–water partition coefficient (Wildman–Crippen LogP) is 2.48. The van der Waals surface area contributed by atoms with E-state index in [0.29, 0.717) is 12.0 Å². The molecule has 2 fully saturated rings. The van der Waals surface area contributed by atoms with Crippen LogP contribution in [-0.4, -0.2) is 47.4 Å². The molecule has 1 aliphatic carbocycles. The van der Waals surface area contributed by atoms with Crippen LogP contribution >= 0.6 is 0 Å². The average molecular weight is 329 g/mol. The Bertz CT molecular complexity index is 541. The highest BCUT2D eigenvalue weighted by Crippen LogP contribution is 2.30. The van der Waals surface area contributed by atoms with Gasteiger partial charge in [-0.25, -0.2) is 0 Å². The first-order chi connectivity index (χ1) is 11.5. The Kier molecular flexibility index (Phi) is 5.57. The van der Waals surface area contributed by atoms with Crippen molar-refractivity contribution in [1.29, 1.82) is 0 Å². The molecular weight excluding hydrogens is 298 g/mol. The van der Waals surface area contributed by atoms with Crippen molar-refractivity contribution in [2.24, 2.45) is 17.6 Å². The first kappa shape index (κ1) is 17.4. The molecule has 1 aromatic rings. The van der Waals surface area contributed by atoms with Crippen molar-refractivity contribution in [3.63, 3.8) is 0 Å². The molecule has 0 bridgehead atoms. The van der Waals surface area contributed by atoms with E-state index >= 15 is 0 Å². The summed E-state index contributed by atoms with van der Waals surface area (Å²) >= 11 is 0. The highest BCUT2D eigenvalue weighted by molar-refractivity contribution is 5.82. The number of benzene rings is 1. The first-order valence-corrected chi connectivity index (χ1v) is 9.37. The summed E-state index contributed by atoms with van der Waals surface area (Å²) < 4.78 is 0. The van der Waals surface area contributed by atoms with Crippen molar-refractivity contribution in [1.82, 2.24) is 9.80 Å². The molecule has 0 aromatic heterocycles. The van der Waals surface area contributed by atoms with E-state index in [1.807, 2.05) is 13.8 Å². The molecule has 2 atom stereocenters. The van der Waals surface area contributed by atoms with Crippen LogP contribution in [-0.2, 0) is 11.3 Å². The van der Waals surface area contributed by atoms with Gasteiger partial charge in [0.15, 0.2) is 0 Å². The van der Waals surface area contributed by atoms with Crippen LogP contribution in [0.1, 0.15) is 38.7 Å². The number of rotatable bonds is 7. The number of carbonyl (C=O) groups is 1. The molecule has 1 heterocycles. The van der Waals surface area contributed by atoms with Gasteiger partial charge >= 0.3 is 0 Å². The molecule has 132 valence electrons. The fourth-order valence-corrected chi connectivity index (χ4v) is 3.61. The van der Waals surface area contributed by atoms with Crippen LogP contribution in [0.5, 0.6) is 0 Å². The molecule has 1 saturated heterocycles. The number of nitrogens with two attached hydrogens (primary N) is 1. The maximum atomic E-state index is 12.7. The zero-order valence-corrected chi connectivity index (χ0v) is 15.0. The third-order valence-corrected chi connectivity index (χ3v) is 5.35. The zero-order valence-electron chi connectivity index (χ0n) is 15.0. The van der Waals surface area contributed by atoms with E-state index in [9.17, 15) is 4.79 Å². The van der Waals surface area contributed by atoms with E-state index in [4.69, 9.17) is 5.73 Å². The Morgan fingerprint density at radius 2 is 1.96 bits per heavy atom. The highest BCUT2D eigenvalue weighted by atomic mass is 16.2. The average Bonchev–Trinajstić information content (AvgIpc) is 3.33. The summed E-state index contributed by atoms with van der Waals surface area (Å²) in [6.07, 6.45) is 3.48. The van der Waals surface area contributed by atoms with Gasteiger partial charge in [-0.3, -0.25) is 9.69 Å². The summed E-state index contributed by atoms with van der Waals surface area (Å²) in [6.45, 7) is 8.18. The smallest absolute Gasteiger partial charge is 0.240 e. The quantitative estimate of drug-likeness (QED) is 0.836. The molecule has 1 saturated carbocycles. The second-order valence-corrected chi connectivity index (χ2v) is 7.87. The number of hydrogen-bond donors (Lipinski definition) is 1. The van der Waals surface area contributed by atoms with Gasteiger partial charge in [-0.1, -0.05) is 44.2 Å². The van der Waals surface area contributed by atoms with Crippen molar-refractivity contribution in [3.05, 3.63) is 35.9 Å². The molecule has 2 aliphatic rings. The van der Waals surface area contributed by atoms with Crippen molar-refractivity contribution < 1.29 is 4.79 Å². The fraction of sp³-hybridized carbons (Fsp3) is 0.650. The zero-order chi connectivity index (χ0) is 17.1. The minimum absolute atomic E-state index is 0.161. The van der Waals surface area contributed by atoms with Crippen LogP contribution in [0.4, 0.5) is 0 Å². The van der Waals surface area contributed by atoms with Gasteiger partial charge in [0, 0.05) is 25.7 Å². The Labute approximate surface area is 146 Å². The fourth-order valence-electron chi connectivity index (χ4n) is 3.61. The lowest BCUT2D eigenvalue weighted by Gasteiger charge is -2.29. The number of nitrogens with zero attached hydrogens (tertiary/aromatic N) is 2. The summed E-state index contributed by atoms with van der Waals surface area (Å²) in [5.74, 6) is 0.948. The lowest BCUT2D eigenvalue weighted by molar-refractivity contribution is -0.134. The Hall–Kier alpha value is -1.39. The minimum Gasteiger partial charge on any atom is -0.338 e. The standard InChI is InChI=1S/C20H31N3O/c1-15(2)19(21)20(24)23(18-8-9-18)14-17-10-11-22(13-17)12-16-6-4-3-5-7-16/h3-7,15,17-19H,8-14,21H2,1-2H3/t17?,19-/m0/s1. The van der Waals surface area contributed by atoms with Crippen molar-refractivity contribution in [2.45, 2.75) is 51.7 Å². The molecule has 24 heavy (non-hydrogen) atoms. The molecule has 1 amide bonds. The third-order valence-electron chi connectivity index (χ3n) is 5.35. The summed E-state index contributed by atoms with van der Waals surface area (Å²) in [4.78, 5) is 17.3. The van der Waals surface area contributed by atoms with E-state index in [1.54, 1.807) is 0 Å². The van der Waals surface area contributed by atoms with Gasteiger partial charge < -0.3 is 10.6 Å². The molecule has 0 spiro atoms. The third kappa shape index (κ3) is 4.37. The monoisotopic (exact) mass is 329 g/mol. The Morgan fingerprint density at radius 3 is 2.58 bits per heavy atom. The molecular formula is C20H31N3O. The van der Waals surface area contributed by atoms with Gasteiger partial charge in [-0.2, -0.15) is 0 Å². The second-order valence-electron chi connectivity index (χ2n) is 7.87. The largest absolute Gasteiger partial charge is 0.338 e. The minimum atomic E-state index is -0.354. The van der Waals surface area contributed by atoms with Crippen LogP contribution in [0.25, 0.3) is 0 Å². The normalized spacial score (nSPS) is 22.8. The lowest BCUT2D eigenvalue weighted by Crippen LogP contribution is -2.49. The Morgan fingerprint density at radius 1 is 1.25 bits per heavy atom. The molecule has 4 nitrogen and oxygen atoms in total. The van der Waals surface area contributed by atoms with E-state index in [2.05, 4.69) is 40.1 Å². The lowest BCUT2D eigenvalue weighted by atomic mass is 10.0. The van der Waals surface area contributed by atoms with Crippen LogP contribution in [0, 0.1) is 11.8 Å². The number of carbonyl (C=O) groups excluding carboxylic acids is 1. The summed E-state index contributed by atoms with van der Waals surface area (Å²) in [5.41, 5.74) is 7.50. The molecule has 4 heteroatoms. The van der Waals surface area contributed by atoms with Crippen molar-refractivity contribution in [3.8, 4) is 0 Å². The second kappa shape index (κ2) is 7.66. The summed E-state index contributed by atoms with van der Waals surface area (Å²) in [6, 6.07) is 10.7.